The van der Waals surface area contributed by atoms with Crippen molar-refractivity contribution < 1.29 is 23.9 Å². The summed E-state index contributed by atoms with van der Waals surface area (Å²) >= 11 is 5.86. The Hall–Kier alpha value is -3.84. The van der Waals surface area contributed by atoms with E-state index in [0.717, 1.165) is 5.56 Å². The van der Waals surface area contributed by atoms with Gasteiger partial charge in [-0.3, -0.25) is 19.3 Å². The van der Waals surface area contributed by atoms with Crippen LogP contribution in [-0.4, -0.2) is 43.9 Å². The van der Waals surface area contributed by atoms with Crippen molar-refractivity contribution in [1.82, 2.24) is 5.32 Å². The SMILES string of the molecule is O=C(CN1C(=O)COc2ccc(C(=O)COc3ccc(Cl)cc3)cc21)NCCc1ccccc1. The van der Waals surface area contributed by atoms with Gasteiger partial charge in [-0.1, -0.05) is 41.9 Å². The van der Waals surface area contributed by atoms with E-state index in [9.17, 15) is 14.4 Å². The van der Waals surface area contributed by atoms with Gasteiger partial charge in [0, 0.05) is 17.1 Å². The van der Waals surface area contributed by atoms with Crippen molar-refractivity contribution in [2.45, 2.75) is 6.42 Å². The standard InChI is InChI=1S/C26H23ClN2O5/c27-20-7-9-21(10-8-20)33-16-23(30)19-6-11-24-22(14-19)29(26(32)17-34-24)15-25(31)28-13-12-18-4-2-1-3-5-18/h1-11,14H,12-13,15-17H2,(H,28,31). The second-order valence-electron chi connectivity index (χ2n) is 7.70. The number of fused-ring (bicyclic) bond motifs is 1. The molecule has 3 aromatic carbocycles. The van der Waals surface area contributed by atoms with E-state index in [0.29, 0.717) is 40.7 Å². The van der Waals surface area contributed by atoms with Crippen LogP contribution in [0.4, 0.5) is 5.69 Å². The van der Waals surface area contributed by atoms with Crippen molar-refractivity contribution >= 4 is 34.9 Å². The highest BCUT2D eigenvalue weighted by Crippen LogP contribution is 2.33. The van der Waals surface area contributed by atoms with Crippen LogP contribution in [0.3, 0.4) is 0 Å². The summed E-state index contributed by atoms with van der Waals surface area (Å²) in [7, 11) is 0. The average Bonchev–Trinajstić information content (AvgIpc) is 2.85. The molecule has 2 amide bonds. The van der Waals surface area contributed by atoms with Gasteiger partial charge < -0.3 is 14.8 Å². The molecule has 0 aliphatic carbocycles. The van der Waals surface area contributed by atoms with Crippen LogP contribution in [0.2, 0.25) is 5.02 Å². The van der Waals surface area contributed by atoms with Gasteiger partial charge >= 0.3 is 0 Å². The van der Waals surface area contributed by atoms with E-state index in [4.69, 9.17) is 21.1 Å². The minimum atomic E-state index is -0.354. The Morgan fingerprint density at radius 2 is 1.79 bits per heavy atom. The highest BCUT2D eigenvalue weighted by molar-refractivity contribution is 6.30. The van der Waals surface area contributed by atoms with E-state index in [2.05, 4.69) is 5.32 Å². The third kappa shape index (κ3) is 5.94. The molecule has 1 aliphatic rings. The van der Waals surface area contributed by atoms with Crippen LogP contribution in [0.15, 0.2) is 72.8 Å². The van der Waals surface area contributed by atoms with Gasteiger partial charge in [0.25, 0.3) is 5.91 Å². The predicted molar refractivity (Wildman–Crippen MR) is 129 cm³/mol. The highest BCUT2D eigenvalue weighted by atomic mass is 35.5. The lowest BCUT2D eigenvalue weighted by Crippen LogP contribution is -2.45. The Bertz CT molecular complexity index is 1180. The number of carbonyl (C=O) groups is 3. The first-order valence-electron chi connectivity index (χ1n) is 10.8. The molecular weight excluding hydrogens is 456 g/mol. The topological polar surface area (TPSA) is 84.9 Å². The van der Waals surface area contributed by atoms with Gasteiger partial charge in [0.05, 0.1) is 5.69 Å². The fourth-order valence-electron chi connectivity index (χ4n) is 3.50. The average molecular weight is 479 g/mol. The number of nitrogens with zero attached hydrogens (tertiary/aromatic N) is 1. The molecule has 0 fully saturated rings. The molecule has 7 nitrogen and oxygen atoms in total. The molecule has 0 saturated carbocycles. The third-order valence-corrected chi connectivity index (χ3v) is 5.54. The number of amides is 2. The number of ketones is 1. The number of hydrogen-bond donors (Lipinski definition) is 1. The van der Waals surface area contributed by atoms with Gasteiger partial charge in [-0.25, -0.2) is 0 Å². The van der Waals surface area contributed by atoms with Crippen molar-refractivity contribution in [3.8, 4) is 11.5 Å². The Labute approximate surface area is 202 Å². The molecule has 0 radical (unpaired) electrons. The van der Waals surface area contributed by atoms with E-state index in [1.54, 1.807) is 42.5 Å². The number of halogens is 1. The molecule has 34 heavy (non-hydrogen) atoms. The molecular formula is C26H23ClN2O5. The number of benzene rings is 3. The smallest absolute Gasteiger partial charge is 0.265 e. The minimum absolute atomic E-state index is 0.164. The molecule has 4 rings (SSSR count). The van der Waals surface area contributed by atoms with Gasteiger partial charge in [-0.05, 0) is 54.4 Å². The molecule has 0 atom stereocenters. The summed E-state index contributed by atoms with van der Waals surface area (Å²) in [5.41, 5.74) is 1.84. The zero-order chi connectivity index (χ0) is 23.9. The maximum Gasteiger partial charge on any atom is 0.265 e. The normalized spacial score (nSPS) is 12.5. The number of nitrogens with one attached hydrogen (secondary N) is 1. The summed E-state index contributed by atoms with van der Waals surface area (Å²) in [6.45, 7) is -0.0653. The maximum absolute atomic E-state index is 12.7. The molecule has 0 aromatic heterocycles. The summed E-state index contributed by atoms with van der Waals surface area (Å²) in [4.78, 5) is 39.0. The summed E-state index contributed by atoms with van der Waals surface area (Å²) in [6.07, 6.45) is 0.687. The Morgan fingerprint density at radius 3 is 2.56 bits per heavy atom. The van der Waals surface area contributed by atoms with Gasteiger partial charge in [0.1, 0.15) is 18.0 Å². The molecule has 0 unspecified atom stereocenters. The number of hydrogen-bond acceptors (Lipinski definition) is 5. The predicted octanol–water partition coefficient (Wildman–Crippen LogP) is 3.69. The van der Waals surface area contributed by atoms with Gasteiger partial charge in [-0.2, -0.15) is 0 Å². The maximum atomic E-state index is 12.7. The lowest BCUT2D eigenvalue weighted by atomic mass is 10.1. The lowest BCUT2D eigenvalue weighted by molar-refractivity contribution is -0.125. The van der Waals surface area contributed by atoms with Crippen molar-refractivity contribution in [1.29, 1.82) is 0 Å². The van der Waals surface area contributed by atoms with E-state index < -0.39 is 0 Å². The lowest BCUT2D eigenvalue weighted by Gasteiger charge is -2.29. The number of Topliss-reactive ketones (excluding diaryl/α,β-unsaturated/α-hetero) is 1. The fourth-order valence-corrected chi connectivity index (χ4v) is 3.63. The van der Waals surface area contributed by atoms with Crippen LogP contribution in [0.1, 0.15) is 15.9 Å². The molecule has 174 valence electrons. The number of ether oxygens (including phenoxy) is 2. The zero-order valence-corrected chi connectivity index (χ0v) is 19.1. The monoisotopic (exact) mass is 478 g/mol. The second-order valence-corrected chi connectivity index (χ2v) is 8.14. The molecule has 0 spiro atoms. The fraction of sp³-hybridized carbons (Fsp3) is 0.192. The Balaban J connectivity index is 1.39. The summed E-state index contributed by atoms with van der Waals surface area (Å²) in [6, 6.07) is 21.3. The second kappa shape index (κ2) is 10.9. The summed E-state index contributed by atoms with van der Waals surface area (Å²) in [5, 5.41) is 3.41. The minimum Gasteiger partial charge on any atom is -0.485 e. The first-order valence-corrected chi connectivity index (χ1v) is 11.2. The molecule has 8 heteroatoms. The first-order chi connectivity index (χ1) is 16.5. The van der Waals surface area contributed by atoms with Crippen molar-refractivity contribution in [3.05, 3.63) is 88.9 Å². The van der Waals surface area contributed by atoms with E-state index >= 15 is 0 Å². The quantitative estimate of drug-likeness (QED) is 0.474. The van der Waals surface area contributed by atoms with Crippen LogP contribution in [0, 0.1) is 0 Å². The van der Waals surface area contributed by atoms with Crippen molar-refractivity contribution in [2.75, 3.05) is 31.2 Å². The Morgan fingerprint density at radius 1 is 1.03 bits per heavy atom. The zero-order valence-electron chi connectivity index (χ0n) is 18.3. The molecule has 0 bridgehead atoms. The van der Waals surface area contributed by atoms with Crippen LogP contribution >= 0.6 is 11.6 Å². The Kier molecular flexibility index (Phi) is 7.44. The van der Waals surface area contributed by atoms with Crippen LogP contribution < -0.4 is 19.7 Å². The van der Waals surface area contributed by atoms with Crippen LogP contribution in [-0.2, 0) is 16.0 Å². The van der Waals surface area contributed by atoms with Gasteiger partial charge in [0.15, 0.2) is 19.0 Å². The molecule has 3 aromatic rings. The summed E-state index contributed by atoms with van der Waals surface area (Å²) < 4.78 is 11.0. The van der Waals surface area contributed by atoms with E-state index in [1.807, 2.05) is 30.3 Å². The largest absolute Gasteiger partial charge is 0.485 e. The third-order valence-electron chi connectivity index (χ3n) is 5.29. The van der Waals surface area contributed by atoms with Crippen LogP contribution in [0.5, 0.6) is 11.5 Å². The van der Waals surface area contributed by atoms with E-state index in [-0.39, 0.29) is 37.4 Å². The molecule has 1 aliphatic heterocycles. The van der Waals surface area contributed by atoms with E-state index in [1.165, 1.54) is 4.90 Å². The first kappa shape index (κ1) is 23.3. The van der Waals surface area contributed by atoms with Crippen molar-refractivity contribution in [3.63, 3.8) is 0 Å². The highest BCUT2D eigenvalue weighted by Gasteiger charge is 2.28. The van der Waals surface area contributed by atoms with Gasteiger partial charge in [0.2, 0.25) is 5.91 Å². The number of anilines is 1. The number of rotatable bonds is 9. The van der Waals surface area contributed by atoms with Crippen LogP contribution in [0.25, 0.3) is 0 Å². The molecule has 0 saturated heterocycles. The van der Waals surface area contributed by atoms with Gasteiger partial charge in [-0.15, -0.1) is 0 Å². The summed E-state index contributed by atoms with van der Waals surface area (Å²) in [5.74, 6) is 0.0329. The number of carbonyl (C=O) groups excluding carboxylic acids is 3. The van der Waals surface area contributed by atoms with Crippen molar-refractivity contribution in [2.24, 2.45) is 0 Å². The molecule has 1 heterocycles. The molecule has 1 N–H and O–H groups in total.